The maximum Gasteiger partial charge on any atom is 0.322 e. The highest BCUT2D eigenvalue weighted by atomic mass is 16.5. The molecule has 2 aliphatic rings. The van der Waals surface area contributed by atoms with Gasteiger partial charge in [0.25, 0.3) is 0 Å². The number of rotatable bonds is 3. The Morgan fingerprint density at radius 2 is 2.00 bits per heavy atom. The van der Waals surface area contributed by atoms with Crippen molar-refractivity contribution in [2.45, 2.75) is 44.1 Å². The Bertz CT molecular complexity index is 247. The quantitative estimate of drug-likeness (QED) is 0.671. The van der Waals surface area contributed by atoms with E-state index in [9.17, 15) is 4.79 Å². The van der Waals surface area contributed by atoms with Gasteiger partial charge >= 0.3 is 5.97 Å². The second-order valence-electron chi connectivity index (χ2n) is 4.52. The zero-order chi connectivity index (χ0) is 11.0. The predicted octanol–water partition coefficient (Wildman–Crippen LogP) is -0.350. The minimum absolute atomic E-state index is 0.116. The topological polar surface area (TPSA) is 75.8 Å². The summed E-state index contributed by atoms with van der Waals surface area (Å²) < 4.78 is 5.69. The van der Waals surface area contributed by atoms with Gasteiger partial charge in [0.2, 0.25) is 0 Å². The fourth-order valence-corrected chi connectivity index (χ4v) is 2.41. The lowest BCUT2D eigenvalue weighted by Crippen LogP contribution is -2.55. The number of fused-ring (bicyclic) bond motifs is 2. The van der Waals surface area contributed by atoms with Gasteiger partial charge in [-0.1, -0.05) is 0 Å². The zero-order valence-electron chi connectivity index (χ0n) is 8.93. The van der Waals surface area contributed by atoms with Crippen LogP contribution in [0, 0.1) is 0 Å². The van der Waals surface area contributed by atoms with E-state index in [4.69, 9.17) is 15.6 Å². The van der Waals surface area contributed by atoms with Crippen molar-refractivity contribution in [1.29, 1.82) is 0 Å². The molecule has 2 heterocycles. The summed E-state index contributed by atoms with van der Waals surface area (Å²) in [6.45, 7) is 3.51. The van der Waals surface area contributed by atoms with Gasteiger partial charge in [-0.3, -0.25) is 9.69 Å². The van der Waals surface area contributed by atoms with E-state index in [1.165, 1.54) is 0 Å². The van der Waals surface area contributed by atoms with Crippen LogP contribution in [0.25, 0.3) is 0 Å². The van der Waals surface area contributed by atoms with Crippen LogP contribution in [0.3, 0.4) is 0 Å². The van der Waals surface area contributed by atoms with Gasteiger partial charge < -0.3 is 15.6 Å². The van der Waals surface area contributed by atoms with Gasteiger partial charge in [-0.05, 0) is 19.8 Å². The van der Waals surface area contributed by atoms with Gasteiger partial charge in [0.15, 0.2) is 0 Å². The fourth-order valence-electron chi connectivity index (χ4n) is 2.41. The Hall–Kier alpha value is -0.650. The molecule has 2 aliphatic heterocycles. The van der Waals surface area contributed by atoms with Crippen molar-refractivity contribution in [2.24, 2.45) is 5.73 Å². The standard InChI is InChI=1S/C10H18N2O3/c1-6(9(11)10(13)14)12-4-7-2-3-8(5-12)15-7/h6-9H,2-5,11H2,1H3,(H,13,14). The van der Waals surface area contributed by atoms with Crippen LogP contribution >= 0.6 is 0 Å². The van der Waals surface area contributed by atoms with Crippen molar-refractivity contribution >= 4 is 5.97 Å². The predicted molar refractivity (Wildman–Crippen MR) is 54.5 cm³/mol. The first kappa shape index (κ1) is 10.9. The number of nitrogens with zero attached hydrogens (tertiary/aromatic N) is 1. The van der Waals surface area contributed by atoms with Gasteiger partial charge in [-0.15, -0.1) is 0 Å². The number of carboxylic acid groups (broad SMARTS) is 1. The van der Waals surface area contributed by atoms with E-state index < -0.39 is 12.0 Å². The Morgan fingerprint density at radius 3 is 2.47 bits per heavy atom. The first-order chi connectivity index (χ1) is 7.08. The van der Waals surface area contributed by atoms with Gasteiger partial charge in [-0.25, -0.2) is 0 Å². The van der Waals surface area contributed by atoms with Crippen molar-refractivity contribution in [2.75, 3.05) is 13.1 Å². The van der Waals surface area contributed by atoms with Crippen LogP contribution < -0.4 is 5.73 Å². The number of carbonyl (C=O) groups is 1. The van der Waals surface area contributed by atoms with Gasteiger partial charge in [-0.2, -0.15) is 0 Å². The highest BCUT2D eigenvalue weighted by molar-refractivity contribution is 5.74. The van der Waals surface area contributed by atoms with E-state index in [1.54, 1.807) is 0 Å². The monoisotopic (exact) mass is 214 g/mol. The third-order valence-corrected chi connectivity index (χ3v) is 3.45. The third-order valence-electron chi connectivity index (χ3n) is 3.45. The summed E-state index contributed by atoms with van der Waals surface area (Å²) in [5.74, 6) is -0.929. The van der Waals surface area contributed by atoms with Crippen molar-refractivity contribution in [3.05, 3.63) is 0 Å². The van der Waals surface area contributed by atoms with E-state index in [0.717, 1.165) is 25.9 Å². The van der Waals surface area contributed by atoms with Crippen LogP contribution in [0.1, 0.15) is 19.8 Å². The average molecular weight is 214 g/mol. The van der Waals surface area contributed by atoms with E-state index in [1.807, 2.05) is 6.92 Å². The third kappa shape index (κ3) is 2.14. The first-order valence-corrected chi connectivity index (χ1v) is 5.46. The second-order valence-corrected chi connectivity index (χ2v) is 4.52. The fraction of sp³-hybridized carbons (Fsp3) is 0.900. The number of likely N-dealkylation sites (tertiary alicyclic amines) is 1. The molecule has 0 aliphatic carbocycles. The molecule has 5 nitrogen and oxygen atoms in total. The van der Waals surface area contributed by atoms with Crippen molar-refractivity contribution in [3.63, 3.8) is 0 Å². The van der Waals surface area contributed by atoms with Crippen molar-refractivity contribution in [1.82, 2.24) is 4.90 Å². The van der Waals surface area contributed by atoms with Crippen LogP contribution in [0.2, 0.25) is 0 Å². The molecule has 2 fully saturated rings. The number of aliphatic carboxylic acids is 1. The number of ether oxygens (including phenoxy) is 1. The molecule has 4 atom stereocenters. The molecular weight excluding hydrogens is 196 g/mol. The lowest BCUT2D eigenvalue weighted by Gasteiger charge is -2.37. The molecule has 0 radical (unpaired) electrons. The van der Waals surface area contributed by atoms with Crippen molar-refractivity contribution in [3.8, 4) is 0 Å². The smallest absolute Gasteiger partial charge is 0.322 e. The maximum atomic E-state index is 10.8. The first-order valence-electron chi connectivity index (χ1n) is 5.46. The summed E-state index contributed by atoms with van der Waals surface area (Å²) >= 11 is 0. The Labute approximate surface area is 89.2 Å². The molecule has 86 valence electrons. The molecule has 0 spiro atoms. The normalized spacial score (nSPS) is 35.1. The highest BCUT2D eigenvalue weighted by Gasteiger charge is 2.37. The average Bonchev–Trinajstić information content (AvgIpc) is 2.55. The molecule has 2 bridgehead atoms. The number of nitrogens with two attached hydrogens (primary N) is 1. The highest BCUT2D eigenvalue weighted by Crippen LogP contribution is 2.27. The minimum atomic E-state index is -0.929. The maximum absolute atomic E-state index is 10.8. The summed E-state index contributed by atoms with van der Waals surface area (Å²) in [6, 6.07) is -0.919. The molecule has 2 rings (SSSR count). The van der Waals surface area contributed by atoms with Gasteiger partial charge in [0, 0.05) is 19.1 Å². The zero-order valence-corrected chi connectivity index (χ0v) is 8.93. The molecule has 15 heavy (non-hydrogen) atoms. The summed E-state index contributed by atoms with van der Waals surface area (Å²) in [5.41, 5.74) is 5.62. The van der Waals surface area contributed by atoms with Crippen LogP contribution in [0.5, 0.6) is 0 Å². The largest absolute Gasteiger partial charge is 0.480 e. The summed E-state index contributed by atoms with van der Waals surface area (Å²) in [6.07, 6.45) is 2.76. The summed E-state index contributed by atoms with van der Waals surface area (Å²) in [4.78, 5) is 12.9. The van der Waals surface area contributed by atoms with E-state index >= 15 is 0 Å². The summed E-state index contributed by atoms with van der Waals surface area (Å²) in [7, 11) is 0. The molecule has 0 amide bonds. The molecule has 2 saturated heterocycles. The van der Waals surface area contributed by atoms with E-state index in [0.29, 0.717) is 0 Å². The molecule has 0 saturated carbocycles. The van der Waals surface area contributed by atoms with Crippen molar-refractivity contribution < 1.29 is 14.6 Å². The van der Waals surface area contributed by atoms with Gasteiger partial charge in [0.05, 0.1) is 12.2 Å². The number of hydrogen-bond acceptors (Lipinski definition) is 4. The molecular formula is C10H18N2O3. The molecule has 3 N–H and O–H groups in total. The molecule has 0 aromatic carbocycles. The van der Waals surface area contributed by atoms with Crippen LogP contribution in [-0.2, 0) is 9.53 Å². The number of hydrogen-bond donors (Lipinski definition) is 2. The van der Waals surface area contributed by atoms with Crippen LogP contribution in [-0.4, -0.2) is 53.4 Å². The molecule has 5 heteroatoms. The van der Waals surface area contributed by atoms with Gasteiger partial charge in [0.1, 0.15) is 6.04 Å². The molecule has 0 aromatic rings. The Kier molecular flexibility index (Phi) is 2.95. The lowest BCUT2D eigenvalue weighted by atomic mass is 10.1. The Morgan fingerprint density at radius 1 is 1.47 bits per heavy atom. The SMILES string of the molecule is CC(C(N)C(=O)O)N1CC2CCC(C1)O2. The lowest BCUT2D eigenvalue weighted by molar-refractivity contribution is -0.141. The second kappa shape index (κ2) is 4.08. The van der Waals surface area contributed by atoms with E-state index in [2.05, 4.69) is 4.90 Å². The molecule has 0 aromatic heterocycles. The Balaban J connectivity index is 1.96. The van der Waals surface area contributed by atoms with Crippen LogP contribution in [0.4, 0.5) is 0 Å². The minimum Gasteiger partial charge on any atom is -0.480 e. The summed E-state index contributed by atoms with van der Waals surface area (Å²) in [5, 5.41) is 8.85. The molecule has 4 unspecified atom stereocenters. The number of morpholine rings is 1. The van der Waals surface area contributed by atoms with Crippen LogP contribution in [0.15, 0.2) is 0 Å². The number of carboxylic acids is 1. The van der Waals surface area contributed by atoms with E-state index in [-0.39, 0.29) is 18.2 Å².